The molecule has 2 saturated heterocycles. The number of nitrogens with zero attached hydrogens (tertiary/aromatic N) is 1. The molecule has 0 radical (unpaired) electrons. The van der Waals surface area contributed by atoms with Crippen LogP contribution in [-0.4, -0.2) is 51.6 Å². The molecule has 0 spiro atoms. The van der Waals surface area contributed by atoms with Crippen LogP contribution in [0.25, 0.3) is 0 Å². The third-order valence-electron chi connectivity index (χ3n) is 4.02. The third-order valence-corrected chi connectivity index (χ3v) is 6.47. The summed E-state index contributed by atoms with van der Waals surface area (Å²) in [6.07, 6.45) is -8.51. The van der Waals surface area contributed by atoms with Crippen LogP contribution in [0.1, 0.15) is 20.1 Å². The molecule has 2 N–H and O–H groups in total. The third kappa shape index (κ3) is 3.53. The van der Waals surface area contributed by atoms with Crippen LogP contribution < -0.4 is 11.2 Å². The molecule has 9 nitrogen and oxygen atoms in total. The summed E-state index contributed by atoms with van der Waals surface area (Å²) in [5.41, 5.74) is -4.92. The van der Waals surface area contributed by atoms with Crippen LogP contribution >= 0.6 is 6.72 Å². The van der Waals surface area contributed by atoms with Crippen molar-refractivity contribution in [2.45, 2.75) is 50.4 Å². The molecule has 1 aromatic heterocycles. The Morgan fingerprint density at radius 2 is 2.15 bits per heavy atom. The van der Waals surface area contributed by atoms with Gasteiger partial charge in [0.05, 0.1) is 18.9 Å². The van der Waals surface area contributed by atoms with Gasteiger partial charge in [0, 0.05) is 0 Å². The summed E-state index contributed by atoms with van der Waals surface area (Å²) in [6, 6.07) is 0. The Bertz CT molecular complexity index is 893. The summed E-state index contributed by atoms with van der Waals surface area (Å²) in [4.78, 5) is 24.7. The van der Waals surface area contributed by atoms with Crippen LogP contribution in [0.2, 0.25) is 0 Å². The van der Waals surface area contributed by atoms with Crippen molar-refractivity contribution in [3.8, 4) is 0 Å². The van der Waals surface area contributed by atoms with E-state index in [9.17, 15) is 27.9 Å². The molecule has 152 valence electrons. The summed E-state index contributed by atoms with van der Waals surface area (Å²) in [5.74, 6) is -1.36. The number of hydrogen-bond donors (Lipinski definition) is 2. The number of aromatic amines is 1. The smallest absolute Gasteiger partial charge is 0.330 e. The molecule has 2 fully saturated rings. The first-order chi connectivity index (χ1) is 12.5. The van der Waals surface area contributed by atoms with Gasteiger partial charge in [0.25, 0.3) is 12.0 Å². The van der Waals surface area contributed by atoms with Crippen LogP contribution in [0.4, 0.5) is 13.2 Å². The van der Waals surface area contributed by atoms with Crippen LogP contribution in [0, 0.1) is 5.82 Å². The molecule has 1 aromatic rings. The molecular weight excluding hydrogens is 416 g/mol. The molecule has 2 aliphatic rings. The minimum Gasteiger partial charge on any atom is -0.386 e. The lowest BCUT2D eigenvalue weighted by atomic mass is 9.96. The van der Waals surface area contributed by atoms with Crippen LogP contribution in [0.5, 0.6) is 0 Å². The van der Waals surface area contributed by atoms with E-state index in [4.69, 9.17) is 30.1 Å². The van der Waals surface area contributed by atoms with Crippen molar-refractivity contribution >= 4 is 18.5 Å². The summed E-state index contributed by atoms with van der Waals surface area (Å²) >= 11 is 5.12. The maximum absolute atomic E-state index is 13.8. The molecule has 0 amide bonds. The van der Waals surface area contributed by atoms with Gasteiger partial charge in [0.2, 0.25) is 5.82 Å². The molecule has 3 heterocycles. The van der Waals surface area contributed by atoms with Crippen LogP contribution in [-0.2, 0) is 30.1 Å². The number of fused-ring (bicyclic) bond motifs is 1. The maximum atomic E-state index is 13.8. The SMILES string of the molecule is CC(C)OP1(=S)OC[C@@]2(C(F)F)O[C@@H](n3cc(F)c(=O)[nH]c3=O)[C@H](O)[C@H]2O1. The van der Waals surface area contributed by atoms with Gasteiger partial charge in [-0.05, 0) is 25.7 Å². The largest absolute Gasteiger partial charge is 0.386 e. The maximum Gasteiger partial charge on any atom is 0.330 e. The molecule has 14 heteroatoms. The van der Waals surface area contributed by atoms with Gasteiger partial charge < -0.3 is 18.9 Å². The zero-order chi connectivity index (χ0) is 20.1. The number of aromatic nitrogens is 2. The molecule has 1 unspecified atom stereocenters. The average Bonchev–Trinajstić information content (AvgIpc) is 2.84. The van der Waals surface area contributed by atoms with Gasteiger partial charge in [0.15, 0.2) is 11.8 Å². The van der Waals surface area contributed by atoms with Gasteiger partial charge in [-0.15, -0.1) is 0 Å². The molecule has 0 saturated carbocycles. The van der Waals surface area contributed by atoms with Crippen molar-refractivity contribution in [1.29, 1.82) is 0 Å². The van der Waals surface area contributed by atoms with Crippen molar-refractivity contribution in [2.75, 3.05) is 6.61 Å². The molecule has 0 aliphatic carbocycles. The molecule has 5 atom stereocenters. The van der Waals surface area contributed by atoms with E-state index < -0.39 is 67.0 Å². The van der Waals surface area contributed by atoms with Gasteiger partial charge in [-0.2, -0.15) is 4.39 Å². The molecule has 3 rings (SSSR count). The Hall–Kier alpha value is -1.08. The van der Waals surface area contributed by atoms with E-state index in [0.29, 0.717) is 10.8 Å². The number of aliphatic hydroxyl groups is 1. The number of H-pyrrole nitrogens is 1. The molecule has 27 heavy (non-hydrogen) atoms. The van der Waals surface area contributed by atoms with Crippen molar-refractivity contribution in [1.82, 2.24) is 9.55 Å². The fourth-order valence-electron chi connectivity index (χ4n) is 2.84. The van der Waals surface area contributed by atoms with E-state index in [2.05, 4.69) is 0 Å². The highest BCUT2D eigenvalue weighted by Crippen LogP contribution is 2.61. The summed E-state index contributed by atoms with van der Waals surface area (Å²) in [6.45, 7) is -0.981. The number of aliphatic hydroxyl groups excluding tert-OH is 1. The van der Waals surface area contributed by atoms with E-state index in [0.717, 1.165) is 0 Å². The number of rotatable bonds is 4. The standard InChI is InChI=1S/C13H16F3N2O7PS/c1-5(2)24-26(27)22-4-13(11(15)16)8(25-26)7(19)10(23-13)18-3-6(14)9(20)17-12(18)21/h3,5,7-8,10-11,19H,4H2,1-2H3,(H,17,20,21)/t7-,8-,10-,13-,26?/m1/s1. The summed E-state index contributed by atoms with van der Waals surface area (Å²) < 4.78 is 62.8. The van der Waals surface area contributed by atoms with E-state index >= 15 is 0 Å². The average molecular weight is 432 g/mol. The monoisotopic (exact) mass is 432 g/mol. The Morgan fingerprint density at radius 1 is 1.48 bits per heavy atom. The number of alkyl halides is 2. The van der Waals surface area contributed by atoms with Crippen molar-refractivity contribution in [3.63, 3.8) is 0 Å². The minimum atomic E-state index is -3.47. The first-order valence-corrected chi connectivity index (χ1v) is 10.3. The Morgan fingerprint density at radius 3 is 2.74 bits per heavy atom. The summed E-state index contributed by atoms with van der Waals surface area (Å²) in [5, 5.41) is 10.5. The minimum absolute atomic E-state index is 0.443. The molecule has 0 aromatic carbocycles. The lowest BCUT2D eigenvalue weighted by molar-refractivity contribution is -0.204. The van der Waals surface area contributed by atoms with E-state index in [1.807, 2.05) is 0 Å². The van der Waals surface area contributed by atoms with Crippen molar-refractivity contribution in [2.24, 2.45) is 0 Å². The molecular formula is C13H16F3N2O7PS. The number of hydrogen-bond acceptors (Lipinski definition) is 8. The highest BCUT2D eigenvalue weighted by Gasteiger charge is 2.66. The van der Waals surface area contributed by atoms with E-state index in [1.165, 1.54) is 0 Å². The highest BCUT2D eigenvalue weighted by molar-refractivity contribution is 8.07. The van der Waals surface area contributed by atoms with Crippen LogP contribution in [0.3, 0.4) is 0 Å². The fraction of sp³-hybridized carbons (Fsp3) is 0.692. The predicted octanol–water partition coefficient (Wildman–Crippen LogP) is 0.634. The lowest BCUT2D eigenvalue weighted by Gasteiger charge is -2.41. The highest BCUT2D eigenvalue weighted by atomic mass is 32.5. The molecule has 2 aliphatic heterocycles. The van der Waals surface area contributed by atoms with Crippen LogP contribution in [0.15, 0.2) is 15.8 Å². The van der Waals surface area contributed by atoms with E-state index in [1.54, 1.807) is 18.8 Å². The first-order valence-electron chi connectivity index (χ1n) is 7.75. The van der Waals surface area contributed by atoms with Crippen molar-refractivity contribution < 1.29 is 36.6 Å². The Labute approximate surface area is 155 Å². The second-order valence-electron chi connectivity index (χ2n) is 6.30. The predicted molar refractivity (Wildman–Crippen MR) is 87.5 cm³/mol. The van der Waals surface area contributed by atoms with Gasteiger partial charge in [-0.1, -0.05) is 0 Å². The van der Waals surface area contributed by atoms with E-state index in [-0.39, 0.29) is 0 Å². The Kier molecular flexibility index (Phi) is 5.40. The second kappa shape index (κ2) is 7.07. The Balaban J connectivity index is 2.01. The molecule has 0 bridgehead atoms. The topological polar surface area (TPSA) is 112 Å². The fourth-order valence-corrected chi connectivity index (χ4v) is 5.42. The zero-order valence-corrected chi connectivity index (χ0v) is 15.7. The van der Waals surface area contributed by atoms with Gasteiger partial charge >= 0.3 is 12.4 Å². The quantitative estimate of drug-likeness (QED) is 0.667. The zero-order valence-electron chi connectivity index (χ0n) is 14.0. The van der Waals surface area contributed by atoms with Gasteiger partial charge in [0.1, 0.15) is 12.2 Å². The normalized spacial score (nSPS) is 36.4. The second-order valence-corrected chi connectivity index (χ2v) is 9.21. The number of ether oxygens (including phenoxy) is 1. The van der Waals surface area contributed by atoms with Gasteiger partial charge in [-0.3, -0.25) is 18.9 Å². The number of nitrogens with one attached hydrogen (secondary N) is 1. The lowest BCUT2D eigenvalue weighted by Crippen LogP contribution is -2.56. The van der Waals surface area contributed by atoms with Gasteiger partial charge in [-0.25, -0.2) is 13.6 Å². The number of halogens is 3. The first kappa shape index (κ1) is 20.6. The van der Waals surface area contributed by atoms with Crippen molar-refractivity contribution in [3.05, 3.63) is 32.9 Å². The summed E-state index contributed by atoms with van der Waals surface area (Å²) in [7, 11) is 0.